The molecule has 4 N–H and O–H groups in total. The van der Waals surface area contributed by atoms with Gasteiger partial charge < -0.3 is 11.1 Å². The SMILES string of the molecule is CC(C)(N)CC(=O)Nc1ccc(NS(C)(=O)=O)cc1. The minimum absolute atomic E-state index is 0.184. The van der Waals surface area contributed by atoms with Gasteiger partial charge in [-0.2, -0.15) is 0 Å². The first-order valence-corrected chi connectivity index (χ1v) is 7.61. The number of anilines is 2. The summed E-state index contributed by atoms with van der Waals surface area (Å²) in [5.74, 6) is -0.184. The summed E-state index contributed by atoms with van der Waals surface area (Å²) in [5.41, 5.74) is 6.21. The lowest BCUT2D eigenvalue weighted by molar-refractivity contribution is -0.117. The van der Waals surface area contributed by atoms with Crippen LogP contribution in [0.4, 0.5) is 11.4 Å². The van der Waals surface area contributed by atoms with Crippen LogP contribution in [0, 0.1) is 0 Å². The van der Waals surface area contributed by atoms with E-state index in [2.05, 4.69) is 10.0 Å². The van der Waals surface area contributed by atoms with Gasteiger partial charge in [0.1, 0.15) is 0 Å². The van der Waals surface area contributed by atoms with Crippen molar-refractivity contribution in [1.82, 2.24) is 0 Å². The Hall–Kier alpha value is -1.60. The van der Waals surface area contributed by atoms with Crippen molar-refractivity contribution < 1.29 is 13.2 Å². The van der Waals surface area contributed by atoms with Gasteiger partial charge in [-0.3, -0.25) is 9.52 Å². The zero-order valence-electron chi connectivity index (χ0n) is 11.2. The smallest absolute Gasteiger partial charge is 0.229 e. The van der Waals surface area contributed by atoms with E-state index in [1.54, 1.807) is 38.1 Å². The van der Waals surface area contributed by atoms with Crippen LogP contribution in [0.25, 0.3) is 0 Å². The summed E-state index contributed by atoms with van der Waals surface area (Å²) in [4.78, 5) is 11.6. The number of benzene rings is 1. The third kappa shape index (κ3) is 6.78. The topological polar surface area (TPSA) is 101 Å². The van der Waals surface area contributed by atoms with Crippen molar-refractivity contribution in [1.29, 1.82) is 0 Å². The second-order valence-electron chi connectivity index (χ2n) is 5.17. The molecule has 1 amide bonds. The van der Waals surface area contributed by atoms with Crippen LogP contribution in [0.3, 0.4) is 0 Å². The van der Waals surface area contributed by atoms with Gasteiger partial charge in [0.2, 0.25) is 15.9 Å². The molecule has 0 aromatic heterocycles. The van der Waals surface area contributed by atoms with E-state index >= 15 is 0 Å². The minimum atomic E-state index is -3.29. The molecule has 0 atom stereocenters. The zero-order chi connectivity index (χ0) is 14.7. The number of nitrogens with one attached hydrogen (secondary N) is 2. The largest absolute Gasteiger partial charge is 0.326 e. The average molecular weight is 285 g/mol. The average Bonchev–Trinajstić information content (AvgIpc) is 2.15. The van der Waals surface area contributed by atoms with Gasteiger partial charge in [-0.15, -0.1) is 0 Å². The molecule has 0 saturated carbocycles. The van der Waals surface area contributed by atoms with Crippen LogP contribution in [0.1, 0.15) is 20.3 Å². The van der Waals surface area contributed by atoms with Gasteiger partial charge in [-0.1, -0.05) is 0 Å². The van der Waals surface area contributed by atoms with Crippen LogP contribution in [-0.2, 0) is 14.8 Å². The van der Waals surface area contributed by atoms with Crippen LogP contribution in [0.15, 0.2) is 24.3 Å². The van der Waals surface area contributed by atoms with Crippen LogP contribution in [0.5, 0.6) is 0 Å². The molecule has 0 aliphatic carbocycles. The Bertz CT molecular complexity index is 545. The fourth-order valence-electron chi connectivity index (χ4n) is 1.45. The number of nitrogens with two attached hydrogens (primary N) is 1. The molecule has 1 rings (SSSR count). The lowest BCUT2D eigenvalue weighted by Gasteiger charge is -2.17. The third-order valence-corrected chi connectivity index (χ3v) is 2.69. The van der Waals surface area contributed by atoms with Gasteiger partial charge in [-0.25, -0.2) is 8.42 Å². The van der Waals surface area contributed by atoms with E-state index in [1.165, 1.54) is 0 Å². The quantitative estimate of drug-likeness (QED) is 0.754. The predicted octanol–water partition coefficient (Wildman–Crippen LogP) is 1.12. The molecule has 0 heterocycles. The maximum absolute atomic E-state index is 11.6. The summed E-state index contributed by atoms with van der Waals surface area (Å²) in [7, 11) is -3.29. The van der Waals surface area contributed by atoms with Crippen molar-refractivity contribution in [3.05, 3.63) is 24.3 Å². The lowest BCUT2D eigenvalue weighted by atomic mass is 10.0. The highest BCUT2D eigenvalue weighted by Gasteiger charge is 2.16. The van der Waals surface area contributed by atoms with Gasteiger partial charge >= 0.3 is 0 Å². The Balaban J connectivity index is 2.65. The van der Waals surface area contributed by atoms with E-state index in [-0.39, 0.29) is 12.3 Å². The first kappa shape index (κ1) is 15.5. The number of carbonyl (C=O) groups is 1. The fraction of sp³-hybridized carbons (Fsp3) is 0.417. The van der Waals surface area contributed by atoms with Gasteiger partial charge in [-0.05, 0) is 38.1 Å². The van der Waals surface area contributed by atoms with E-state index in [4.69, 9.17) is 5.73 Å². The lowest BCUT2D eigenvalue weighted by Crippen LogP contribution is -2.36. The Kier molecular flexibility index (Phi) is 4.54. The summed E-state index contributed by atoms with van der Waals surface area (Å²) in [5, 5.41) is 2.69. The monoisotopic (exact) mass is 285 g/mol. The molecule has 19 heavy (non-hydrogen) atoms. The number of rotatable bonds is 5. The molecule has 1 aromatic rings. The number of carbonyl (C=O) groups excluding carboxylic acids is 1. The zero-order valence-corrected chi connectivity index (χ0v) is 12.0. The van der Waals surface area contributed by atoms with Gasteiger partial charge in [0.05, 0.1) is 6.26 Å². The summed E-state index contributed by atoms with van der Waals surface area (Å²) in [6.45, 7) is 3.54. The molecule has 0 radical (unpaired) electrons. The van der Waals surface area contributed by atoms with Crippen molar-refractivity contribution >= 4 is 27.3 Å². The Morgan fingerprint density at radius 2 is 1.68 bits per heavy atom. The maximum Gasteiger partial charge on any atom is 0.229 e. The van der Waals surface area contributed by atoms with Crippen molar-refractivity contribution in [3.8, 4) is 0 Å². The highest BCUT2D eigenvalue weighted by Crippen LogP contribution is 2.15. The second-order valence-corrected chi connectivity index (χ2v) is 6.91. The van der Waals surface area contributed by atoms with Crippen molar-refractivity contribution in [2.75, 3.05) is 16.3 Å². The number of amides is 1. The highest BCUT2D eigenvalue weighted by atomic mass is 32.2. The number of hydrogen-bond donors (Lipinski definition) is 3. The van der Waals surface area contributed by atoms with E-state index in [0.29, 0.717) is 11.4 Å². The normalized spacial score (nSPS) is 12.0. The summed E-state index contributed by atoms with van der Waals surface area (Å²) < 4.78 is 24.4. The Labute approximate surface area is 113 Å². The highest BCUT2D eigenvalue weighted by molar-refractivity contribution is 7.92. The van der Waals surface area contributed by atoms with Gasteiger partial charge in [0.25, 0.3) is 0 Å². The standard InChI is InChI=1S/C12H19N3O3S/c1-12(2,13)8-11(16)14-9-4-6-10(7-5-9)15-19(3,17)18/h4-7,15H,8,13H2,1-3H3,(H,14,16). The first-order valence-electron chi connectivity index (χ1n) is 5.72. The summed E-state index contributed by atoms with van der Waals surface area (Å²) in [6.07, 6.45) is 1.28. The molecule has 0 unspecified atom stereocenters. The molecular formula is C12H19N3O3S. The molecule has 0 bridgehead atoms. The van der Waals surface area contributed by atoms with E-state index in [9.17, 15) is 13.2 Å². The van der Waals surface area contributed by atoms with E-state index in [0.717, 1.165) is 6.26 Å². The fourth-order valence-corrected chi connectivity index (χ4v) is 2.02. The molecule has 0 fully saturated rings. The Morgan fingerprint density at radius 3 is 2.11 bits per heavy atom. The van der Waals surface area contributed by atoms with Crippen LogP contribution >= 0.6 is 0 Å². The first-order chi connectivity index (χ1) is 8.55. The minimum Gasteiger partial charge on any atom is -0.326 e. The number of hydrogen-bond acceptors (Lipinski definition) is 4. The Morgan fingerprint density at radius 1 is 1.21 bits per heavy atom. The van der Waals surface area contributed by atoms with Crippen molar-refractivity contribution in [3.63, 3.8) is 0 Å². The molecular weight excluding hydrogens is 266 g/mol. The summed E-state index contributed by atoms with van der Waals surface area (Å²) in [6, 6.07) is 6.39. The predicted molar refractivity (Wildman–Crippen MR) is 76.4 cm³/mol. The van der Waals surface area contributed by atoms with Gasteiger partial charge in [0.15, 0.2) is 0 Å². The molecule has 0 aliphatic heterocycles. The van der Waals surface area contributed by atoms with E-state index in [1.807, 2.05) is 0 Å². The molecule has 0 saturated heterocycles. The maximum atomic E-state index is 11.6. The molecule has 0 spiro atoms. The second kappa shape index (κ2) is 5.58. The van der Waals surface area contributed by atoms with Crippen LogP contribution in [-0.4, -0.2) is 26.1 Å². The van der Waals surface area contributed by atoms with Crippen LogP contribution in [0.2, 0.25) is 0 Å². The number of sulfonamides is 1. The summed E-state index contributed by atoms with van der Waals surface area (Å²) >= 11 is 0. The molecule has 0 aliphatic rings. The van der Waals surface area contributed by atoms with Crippen LogP contribution < -0.4 is 15.8 Å². The van der Waals surface area contributed by atoms with Crippen molar-refractivity contribution in [2.24, 2.45) is 5.73 Å². The van der Waals surface area contributed by atoms with Crippen molar-refractivity contribution in [2.45, 2.75) is 25.8 Å². The molecule has 7 heteroatoms. The molecule has 6 nitrogen and oxygen atoms in total. The van der Waals surface area contributed by atoms with E-state index < -0.39 is 15.6 Å². The molecule has 1 aromatic carbocycles. The molecule has 106 valence electrons. The van der Waals surface area contributed by atoms with Gasteiger partial charge in [0, 0.05) is 23.3 Å². The third-order valence-electron chi connectivity index (χ3n) is 2.09.